The first-order valence-corrected chi connectivity index (χ1v) is 9.41. The van der Waals surface area contributed by atoms with Crippen LogP contribution >= 0.6 is 19.4 Å². The molecule has 6 heteroatoms. The van der Waals surface area contributed by atoms with Crippen LogP contribution in [0.5, 0.6) is 5.75 Å². The first kappa shape index (κ1) is 17.6. The molecule has 0 radical (unpaired) electrons. The van der Waals surface area contributed by atoms with Crippen molar-refractivity contribution in [2.45, 2.75) is 25.8 Å². The Morgan fingerprint density at radius 1 is 1.10 bits per heavy atom. The number of hydrogen-bond acceptors (Lipinski definition) is 5. The SMILES string of the molecule is CCOP(=O)(OCC)C(SCC)c1ccc(OC)cc1. The molecule has 0 aliphatic carbocycles. The van der Waals surface area contributed by atoms with E-state index in [1.807, 2.05) is 45.0 Å². The molecule has 0 aliphatic heterocycles. The minimum Gasteiger partial charge on any atom is -0.497 e. The maximum Gasteiger partial charge on any atom is 0.347 e. The van der Waals surface area contributed by atoms with E-state index in [-0.39, 0.29) is 4.99 Å². The molecule has 0 heterocycles. The largest absolute Gasteiger partial charge is 0.497 e. The van der Waals surface area contributed by atoms with Crippen molar-refractivity contribution in [1.29, 1.82) is 0 Å². The molecular weight excluding hydrogens is 295 g/mol. The van der Waals surface area contributed by atoms with Crippen LogP contribution in [-0.4, -0.2) is 26.1 Å². The molecule has 0 aromatic heterocycles. The molecule has 0 amide bonds. The molecule has 0 N–H and O–H groups in total. The Bertz CT molecular complexity index is 425. The van der Waals surface area contributed by atoms with Gasteiger partial charge in [0.2, 0.25) is 0 Å². The summed E-state index contributed by atoms with van der Waals surface area (Å²) in [5.41, 5.74) is 0.933. The monoisotopic (exact) mass is 318 g/mol. The van der Waals surface area contributed by atoms with Gasteiger partial charge in [-0.1, -0.05) is 19.1 Å². The molecule has 0 saturated carbocycles. The van der Waals surface area contributed by atoms with Crippen LogP contribution in [0.2, 0.25) is 0 Å². The van der Waals surface area contributed by atoms with Crippen molar-refractivity contribution in [2.24, 2.45) is 0 Å². The van der Waals surface area contributed by atoms with E-state index in [4.69, 9.17) is 13.8 Å². The van der Waals surface area contributed by atoms with Crippen LogP contribution in [0.25, 0.3) is 0 Å². The van der Waals surface area contributed by atoms with Gasteiger partial charge in [0.15, 0.2) is 0 Å². The predicted octanol–water partition coefficient (Wildman–Crippen LogP) is 4.71. The first-order valence-electron chi connectivity index (χ1n) is 6.75. The highest BCUT2D eigenvalue weighted by Gasteiger charge is 2.36. The molecule has 0 spiro atoms. The normalized spacial score (nSPS) is 13.2. The lowest BCUT2D eigenvalue weighted by Gasteiger charge is -2.26. The molecule has 114 valence electrons. The second kappa shape index (κ2) is 8.73. The van der Waals surface area contributed by atoms with Crippen molar-refractivity contribution < 1.29 is 18.3 Å². The van der Waals surface area contributed by atoms with Crippen LogP contribution in [-0.2, 0) is 13.6 Å². The zero-order chi connectivity index (χ0) is 15.0. The van der Waals surface area contributed by atoms with Gasteiger partial charge in [0.1, 0.15) is 10.7 Å². The lowest BCUT2D eigenvalue weighted by atomic mass is 10.2. The smallest absolute Gasteiger partial charge is 0.347 e. The van der Waals surface area contributed by atoms with Crippen molar-refractivity contribution in [3.8, 4) is 5.75 Å². The standard InChI is InChI=1S/C14H23O4PS/c1-5-17-19(15,18-6-2)14(20-7-3)12-8-10-13(16-4)11-9-12/h8-11,14H,5-7H2,1-4H3. The summed E-state index contributed by atoms with van der Waals surface area (Å²) in [4.78, 5) is -0.307. The van der Waals surface area contributed by atoms with Crippen molar-refractivity contribution in [2.75, 3.05) is 26.1 Å². The minimum absolute atomic E-state index is 0.307. The van der Waals surface area contributed by atoms with E-state index in [0.29, 0.717) is 13.2 Å². The third-order valence-electron chi connectivity index (χ3n) is 2.63. The maximum absolute atomic E-state index is 13.0. The Morgan fingerprint density at radius 2 is 1.65 bits per heavy atom. The number of rotatable bonds is 9. The summed E-state index contributed by atoms with van der Waals surface area (Å²) >= 11 is 1.58. The fourth-order valence-electron chi connectivity index (χ4n) is 1.83. The zero-order valence-corrected chi connectivity index (χ0v) is 14.2. The molecule has 0 fully saturated rings. The lowest BCUT2D eigenvalue weighted by molar-refractivity contribution is 0.218. The highest BCUT2D eigenvalue weighted by atomic mass is 32.2. The minimum atomic E-state index is -3.17. The fourth-order valence-corrected chi connectivity index (χ4v) is 5.64. The highest BCUT2D eigenvalue weighted by Crippen LogP contribution is 2.65. The molecule has 1 aromatic rings. The summed E-state index contributed by atoms with van der Waals surface area (Å²) in [6, 6.07) is 7.55. The second-order valence-electron chi connectivity index (χ2n) is 3.96. The van der Waals surface area contributed by atoms with Crippen LogP contribution in [0.4, 0.5) is 0 Å². The van der Waals surface area contributed by atoms with Gasteiger partial charge in [0.05, 0.1) is 20.3 Å². The third kappa shape index (κ3) is 4.52. The topological polar surface area (TPSA) is 44.8 Å². The Labute approximate surface area is 125 Å². The lowest BCUT2D eigenvalue weighted by Crippen LogP contribution is -2.04. The Hall–Kier alpha value is -0.480. The molecule has 1 aromatic carbocycles. The summed E-state index contributed by atoms with van der Waals surface area (Å²) in [5.74, 6) is 1.61. The van der Waals surface area contributed by atoms with E-state index >= 15 is 0 Å². The van der Waals surface area contributed by atoms with E-state index < -0.39 is 7.60 Å². The third-order valence-corrected chi connectivity index (χ3v) is 6.88. The molecule has 0 saturated heterocycles. The molecule has 4 nitrogen and oxygen atoms in total. The average Bonchev–Trinajstić information content (AvgIpc) is 2.45. The quantitative estimate of drug-likeness (QED) is 0.617. The molecule has 0 aliphatic rings. The Kier molecular flexibility index (Phi) is 7.67. The van der Waals surface area contributed by atoms with Gasteiger partial charge in [0.25, 0.3) is 0 Å². The molecular formula is C14H23O4PS. The number of ether oxygens (including phenoxy) is 1. The van der Waals surface area contributed by atoms with Crippen molar-refractivity contribution in [3.63, 3.8) is 0 Å². The Balaban J connectivity index is 3.09. The van der Waals surface area contributed by atoms with Crippen LogP contribution in [0.3, 0.4) is 0 Å². The van der Waals surface area contributed by atoms with Gasteiger partial charge in [0, 0.05) is 0 Å². The van der Waals surface area contributed by atoms with Gasteiger partial charge in [-0.2, -0.15) is 0 Å². The predicted molar refractivity (Wildman–Crippen MR) is 84.7 cm³/mol. The van der Waals surface area contributed by atoms with Crippen LogP contribution < -0.4 is 4.74 Å². The number of thioether (sulfide) groups is 1. The summed E-state index contributed by atoms with van der Waals surface area (Å²) in [6.07, 6.45) is 0. The molecule has 1 rings (SSSR count). The summed E-state index contributed by atoms with van der Waals surface area (Å²) in [5, 5.41) is 0. The fraction of sp³-hybridized carbons (Fsp3) is 0.571. The van der Waals surface area contributed by atoms with Gasteiger partial charge < -0.3 is 13.8 Å². The maximum atomic E-state index is 13.0. The van der Waals surface area contributed by atoms with E-state index in [1.165, 1.54) is 0 Å². The van der Waals surface area contributed by atoms with Crippen molar-refractivity contribution in [3.05, 3.63) is 29.8 Å². The molecule has 1 atom stereocenters. The molecule has 0 bridgehead atoms. The summed E-state index contributed by atoms with van der Waals surface area (Å²) in [7, 11) is -1.55. The van der Waals surface area contributed by atoms with Gasteiger partial charge in [-0.05, 0) is 37.3 Å². The van der Waals surface area contributed by atoms with E-state index in [1.54, 1.807) is 18.9 Å². The average molecular weight is 318 g/mol. The number of benzene rings is 1. The van der Waals surface area contributed by atoms with Crippen molar-refractivity contribution in [1.82, 2.24) is 0 Å². The van der Waals surface area contributed by atoms with Crippen LogP contribution in [0.15, 0.2) is 24.3 Å². The molecule has 1 unspecified atom stereocenters. The van der Waals surface area contributed by atoms with Gasteiger partial charge >= 0.3 is 7.60 Å². The molecule has 20 heavy (non-hydrogen) atoms. The van der Waals surface area contributed by atoms with E-state index in [0.717, 1.165) is 17.1 Å². The number of methoxy groups -OCH3 is 1. The van der Waals surface area contributed by atoms with Gasteiger partial charge in [-0.3, -0.25) is 4.57 Å². The van der Waals surface area contributed by atoms with Crippen LogP contribution in [0.1, 0.15) is 31.3 Å². The van der Waals surface area contributed by atoms with Gasteiger partial charge in [-0.25, -0.2) is 0 Å². The van der Waals surface area contributed by atoms with Crippen molar-refractivity contribution >= 4 is 19.4 Å². The first-order chi connectivity index (χ1) is 9.61. The highest BCUT2D eigenvalue weighted by molar-refractivity contribution is 8.04. The summed E-state index contributed by atoms with van der Waals surface area (Å²) < 4.78 is 29.1. The van der Waals surface area contributed by atoms with Crippen LogP contribution in [0, 0.1) is 0 Å². The number of hydrogen-bond donors (Lipinski definition) is 0. The van der Waals surface area contributed by atoms with Gasteiger partial charge in [-0.15, -0.1) is 11.8 Å². The summed E-state index contributed by atoms with van der Waals surface area (Å²) in [6.45, 7) is 6.42. The second-order valence-corrected chi connectivity index (χ2v) is 7.80. The Morgan fingerprint density at radius 3 is 2.05 bits per heavy atom. The van der Waals surface area contributed by atoms with E-state index in [2.05, 4.69) is 0 Å². The zero-order valence-electron chi connectivity index (χ0n) is 12.5. The van der Waals surface area contributed by atoms with E-state index in [9.17, 15) is 4.57 Å².